The molecule has 0 saturated carbocycles. The number of methoxy groups -OCH3 is 1. The molecule has 0 spiro atoms. The Labute approximate surface area is 238 Å². The third kappa shape index (κ3) is 7.85. The first-order chi connectivity index (χ1) is 18.9. The Morgan fingerprint density at radius 2 is 1.52 bits per heavy atom. The fourth-order valence-corrected chi connectivity index (χ4v) is 5.68. The number of amides is 2. The summed E-state index contributed by atoms with van der Waals surface area (Å²) in [6, 6.07) is 21.5. The first-order valence-corrected chi connectivity index (χ1v) is 14.7. The van der Waals surface area contributed by atoms with Crippen molar-refractivity contribution in [1.82, 2.24) is 10.2 Å². The van der Waals surface area contributed by atoms with Crippen molar-refractivity contribution in [3.63, 3.8) is 0 Å². The number of nitrogens with one attached hydrogen (secondary N) is 1. The van der Waals surface area contributed by atoms with E-state index in [1.54, 1.807) is 36.4 Å². The zero-order valence-electron chi connectivity index (χ0n) is 24.0. The molecule has 1 atom stereocenters. The molecule has 0 aliphatic heterocycles. The van der Waals surface area contributed by atoms with Crippen molar-refractivity contribution in [3.8, 4) is 5.75 Å². The molecule has 1 N–H and O–H groups in total. The zero-order chi connectivity index (χ0) is 29.5. The first-order valence-electron chi connectivity index (χ1n) is 13.2. The lowest BCUT2D eigenvalue weighted by molar-refractivity contribution is -0.141. The number of carbonyl (C=O) groups excluding carboxylic acids is 2. The second kappa shape index (κ2) is 13.0. The lowest BCUT2D eigenvalue weighted by Gasteiger charge is -2.34. The van der Waals surface area contributed by atoms with Crippen molar-refractivity contribution < 1.29 is 22.7 Å². The summed E-state index contributed by atoms with van der Waals surface area (Å²) in [4.78, 5) is 28.9. The molecule has 0 heterocycles. The van der Waals surface area contributed by atoms with Gasteiger partial charge in [-0.1, -0.05) is 55.0 Å². The molecule has 0 fully saturated rings. The monoisotopic (exact) mass is 565 g/mol. The molecule has 0 aliphatic rings. The first kappa shape index (κ1) is 30.7. The highest BCUT2D eigenvalue weighted by Crippen LogP contribution is 2.26. The average Bonchev–Trinajstić information content (AvgIpc) is 2.91. The van der Waals surface area contributed by atoms with Gasteiger partial charge in [-0.25, -0.2) is 8.42 Å². The Morgan fingerprint density at radius 1 is 0.925 bits per heavy atom. The molecule has 0 saturated heterocycles. The van der Waals surface area contributed by atoms with Gasteiger partial charge in [0.1, 0.15) is 18.3 Å². The maximum absolute atomic E-state index is 14.1. The molecule has 9 heteroatoms. The van der Waals surface area contributed by atoms with Gasteiger partial charge in [-0.3, -0.25) is 13.9 Å². The molecule has 214 valence electrons. The largest absolute Gasteiger partial charge is 0.497 e. The normalized spacial score (nSPS) is 12.3. The van der Waals surface area contributed by atoms with E-state index in [0.29, 0.717) is 17.9 Å². The van der Waals surface area contributed by atoms with E-state index in [2.05, 4.69) is 5.32 Å². The van der Waals surface area contributed by atoms with Crippen LogP contribution in [0.4, 0.5) is 5.69 Å². The minimum Gasteiger partial charge on any atom is -0.497 e. The summed E-state index contributed by atoms with van der Waals surface area (Å²) >= 11 is 0. The quantitative estimate of drug-likeness (QED) is 0.356. The SMILES string of the molecule is CC[C@@H](C(=O)NC(C)(C)C)N(Cc1ccccc1)C(=O)CN(c1ccc(C)cc1)S(=O)(=O)c1ccc(OC)cc1. The van der Waals surface area contributed by atoms with Crippen LogP contribution in [0.3, 0.4) is 0 Å². The second-order valence-corrected chi connectivity index (χ2v) is 12.6. The molecule has 0 radical (unpaired) electrons. The standard InChI is InChI=1S/C31H39N3O5S/c1-7-28(30(36)32-31(3,4)5)33(21-24-11-9-8-10-12-24)29(35)22-34(25-15-13-23(2)14-16-25)40(37,38)27-19-17-26(39-6)18-20-27/h8-20,28H,7,21-22H2,1-6H3,(H,32,36)/t28-/m0/s1. The van der Waals surface area contributed by atoms with Crippen LogP contribution in [0, 0.1) is 6.92 Å². The van der Waals surface area contributed by atoms with Gasteiger partial charge in [0.05, 0.1) is 17.7 Å². The molecule has 3 rings (SSSR count). The molecule has 40 heavy (non-hydrogen) atoms. The number of hydrogen-bond donors (Lipinski definition) is 1. The van der Waals surface area contributed by atoms with E-state index in [9.17, 15) is 18.0 Å². The van der Waals surface area contributed by atoms with Crippen LogP contribution in [-0.2, 0) is 26.2 Å². The maximum Gasteiger partial charge on any atom is 0.264 e. The molecular formula is C31H39N3O5S. The minimum absolute atomic E-state index is 0.0220. The van der Waals surface area contributed by atoms with Crippen molar-refractivity contribution in [2.24, 2.45) is 0 Å². The van der Waals surface area contributed by atoms with Gasteiger partial charge in [-0.15, -0.1) is 0 Å². The summed E-state index contributed by atoms with van der Waals surface area (Å²) in [5.41, 5.74) is 1.63. The van der Waals surface area contributed by atoms with Crippen LogP contribution in [0.2, 0.25) is 0 Å². The van der Waals surface area contributed by atoms with E-state index < -0.39 is 34.1 Å². The lowest BCUT2D eigenvalue weighted by Crippen LogP contribution is -2.55. The van der Waals surface area contributed by atoms with Crippen LogP contribution < -0.4 is 14.4 Å². The summed E-state index contributed by atoms with van der Waals surface area (Å²) < 4.78 is 34.1. The second-order valence-electron chi connectivity index (χ2n) is 10.7. The number of aryl methyl sites for hydroxylation is 1. The Hall–Kier alpha value is -3.85. The van der Waals surface area contributed by atoms with Gasteiger partial charge in [0, 0.05) is 12.1 Å². The number of nitrogens with zero attached hydrogens (tertiary/aromatic N) is 2. The number of ether oxygens (including phenoxy) is 1. The topological polar surface area (TPSA) is 96.0 Å². The van der Waals surface area contributed by atoms with Crippen LogP contribution in [0.15, 0.2) is 83.8 Å². The predicted molar refractivity (Wildman–Crippen MR) is 158 cm³/mol. The van der Waals surface area contributed by atoms with E-state index >= 15 is 0 Å². The number of anilines is 1. The highest BCUT2D eigenvalue weighted by atomic mass is 32.2. The molecule has 0 bridgehead atoms. The molecule has 3 aromatic carbocycles. The van der Waals surface area contributed by atoms with Gasteiger partial charge in [0.15, 0.2) is 0 Å². The summed E-state index contributed by atoms with van der Waals surface area (Å²) in [5, 5.41) is 2.97. The van der Waals surface area contributed by atoms with Gasteiger partial charge in [0.2, 0.25) is 11.8 Å². The van der Waals surface area contributed by atoms with Crippen molar-refractivity contribution in [2.45, 2.75) is 64.1 Å². The number of sulfonamides is 1. The number of benzene rings is 3. The fourth-order valence-electron chi connectivity index (χ4n) is 4.27. The Balaban J connectivity index is 2.05. The highest BCUT2D eigenvalue weighted by molar-refractivity contribution is 7.92. The molecular weight excluding hydrogens is 526 g/mol. The van der Waals surface area contributed by atoms with Gasteiger partial charge in [-0.05, 0) is 76.1 Å². The molecule has 8 nitrogen and oxygen atoms in total. The average molecular weight is 566 g/mol. The van der Waals surface area contributed by atoms with E-state index in [1.165, 1.54) is 24.1 Å². The van der Waals surface area contributed by atoms with Crippen LogP contribution in [-0.4, -0.2) is 50.4 Å². The molecule has 0 aromatic heterocycles. The lowest BCUT2D eigenvalue weighted by atomic mass is 10.1. The summed E-state index contributed by atoms with van der Waals surface area (Å²) in [6.07, 6.45) is 0.357. The van der Waals surface area contributed by atoms with E-state index in [4.69, 9.17) is 4.74 Å². The molecule has 2 amide bonds. The number of rotatable bonds is 11. The van der Waals surface area contributed by atoms with E-state index in [1.807, 2.05) is 65.0 Å². The van der Waals surface area contributed by atoms with Crippen molar-refractivity contribution >= 4 is 27.5 Å². The molecule has 0 unspecified atom stereocenters. The smallest absolute Gasteiger partial charge is 0.264 e. The van der Waals surface area contributed by atoms with Gasteiger partial charge >= 0.3 is 0 Å². The van der Waals surface area contributed by atoms with Gasteiger partial charge in [0.25, 0.3) is 10.0 Å². The third-order valence-corrected chi connectivity index (χ3v) is 8.12. The summed E-state index contributed by atoms with van der Waals surface area (Å²) in [5.74, 6) is -0.266. The van der Waals surface area contributed by atoms with Crippen LogP contribution in [0.25, 0.3) is 0 Å². The van der Waals surface area contributed by atoms with Crippen molar-refractivity contribution in [1.29, 1.82) is 0 Å². The molecule has 3 aromatic rings. The van der Waals surface area contributed by atoms with Gasteiger partial charge in [-0.2, -0.15) is 0 Å². The van der Waals surface area contributed by atoms with Crippen LogP contribution in [0.1, 0.15) is 45.2 Å². The number of hydrogen-bond acceptors (Lipinski definition) is 5. The van der Waals surface area contributed by atoms with E-state index in [-0.39, 0.29) is 17.3 Å². The Morgan fingerprint density at radius 3 is 2.05 bits per heavy atom. The van der Waals surface area contributed by atoms with E-state index in [0.717, 1.165) is 15.4 Å². The fraction of sp³-hybridized carbons (Fsp3) is 0.355. The number of carbonyl (C=O) groups is 2. The zero-order valence-corrected chi connectivity index (χ0v) is 24.9. The Kier molecular flexibility index (Phi) is 9.98. The highest BCUT2D eigenvalue weighted by Gasteiger charge is 2.34. The Bertz CT molecular complexity index is 1380. The third-order valence-electron chi connectivity index (χ3n) is 6.33. The molecule has 0 aliphatic carbocycles. The van der Waals surface area contributed by atoms with Crippen LogP contribution in [0.5, 0.6) is 5.75 Å². The van der Waals surface area contributed by atoms with Gasteiger partial charge < -0.3 is 15.0 Å². The van der Waals surface area contributed by atoms with Crippen LogP contribution >= 0.6 is 0 Å². The summed E-state index contributed by atoms with van der Waals surface area (Å²) in [6.45, 7) is 9.04. The maximum atomic E-state index is 14.1. The van der Waals surface area contributed by atoms with Crippen molar-refractivity contribution in [2.75, 3.05) is 18.0 Å². The predicted octanol–water partition coefficient (Wildman–Crippen LogP) is 4.92. The minimum atomic E-state index is -4.15. The van der Waals surface area contributed by atoms with Crippen molar-refractivity contribution in [3.05, 3.63) is 90.0 Å². The summed E-state index contributed by atoms with van der Waals surface area (Å²) in [7, 11) is -2.64.